The first-order valence-electron chi connectivity index (χ1n) is 8.83. The van der Waals surface area contributed by atoms with Gasteiger partial charge in [-0.25, -0.2) is 4.98 Å². The Balaban J connectivity index is 1.37. The van der Waals surface area contributed by atoms with Gasteiger partial charge in [-0.05, 0) is 24.3 Å². The first-order chi connectivity index (χ1) is 12.7. The van der Waals surface area contributed by atoms with Gasteiger partial charge in [-0.3, -0.25) is 4.79 Å². The second kappa shape index (κ2) is 7.07. The van der Waals surface area contributed by atoms with Crippen molar-refractivity contribution in [1.82, 2.24) is 14.9 Å². The molecule has 6 nitrogen and oxygen atoms in total. The number of ether oxygens (including phenoxy) is 1. The highest BCUT2D eigenvalue weighted by atomic mass is 16.5. The molecule has 4 rings (SSSR count). The Morgan fingerprint density at radius 2 is 1.92 bits per heavy atom. The van der Waals surface area contributed by atoms with Gasteiger partial charge in [-0.15, -0.1) is 0 Å². The van der Waals surface area contributed by atoms with Crippen LogP contribution in [0.2, 0.25) is 0 Å². The molecule has 0 spiro atoms. The molecule has 26 heavy (non-hydrogen) atoms. The Morgan fingerprint density at radius 3 is 2.69 bits per heavy atom. The maximum Gasteiger partial charge on any atom is 0.230 e. The van der Waals surface area contributed by atoms with Crippen molar-refractivity contribution in [2.24, 2.45) is 0 Å². The summed E-state index contributed by atoms with van der Waals surface area (Å²) in [6.07, 6.45) is 0.313. The topological polar surface area (TPSA) is 61.5 Å². The number of carbonyl (C=O) groups is 1. The Morgan fingerprint density at radius 1 is 1.12 bits per heavy atom. The Hall–Kier alpha value is -3.02. The minimum atomic E-state index is 0.120. The average molecular weight is 350 g/mol. The summed E-state index contributed by atoms with van der Waals surface area (Å²) in [5.74, 6) is 1.70. The quantitative estimate of drug-likeness (QED) is 0.785. The number of fused-ring (bicyclic) bond motifs is 1. The maximum atomic E-state index is 12.6. The smallest absolute Gasteiger partial charge is 0.230 e. The fourth-order valence-electron chi connectivity index (χ4n) is 3.37. The van der Waals surface area contributed by atoms with Crippen molar-refractivity contribution in [3.63, 3.8) is 0 Å². The third kappa shape index (κ3) is 3.35. The third-order valence-corrected chi connectivity index (χ3v) is 4.81. The van der Waals surface area contributed by atoms with Gasteiger partial charge in [0.05, 0.1) is 24.6 Å². The van der Waals surface area contributed by atoms with Gasteiger partial charge in [0.1, 0.15) is 11.6 Å². The van der Waals surface area contributed by atoms with E-state index >= 15 is 0 Å². The van der Waals surface area contributed by atoms with E-state index in [1.807, 2.05) is 47.4 Å². The van der Waals surface area contributed by atoms with Crippen LogP contribution in [0.1, 0.15) is 5.82 Å². The first kappa shape index (κ1) is 16.4. The summed E-state index contributed by atoms with van der Waals surface area (Å²) in [7, 11) is 1.67. The molecule has 0 aliphatic carbocycles. The molecule has 1 aliphatic rings. The summed E-state index contributed by atoms with van der Waals surface area (Å²) in [6, 6.07) is 15.9. The molecule has 3 aromatic rings. The number of aromatic amines is 1. The Labute approximate surface area is 152 Å². The number of benzene rings is 2. The number of para-hydroxylation sites is 2. The van der Waals surface area contributed by atoms with Gasteiger partial charge >= 0.3 is 0 Å². The number of nitrogens with one attached hydrogen (secondary N) is 1. The van der Waals surface area contributed by atoms with Crippen LogP contribution in [0.4, 0.5) is 5.69 Å². The molecule has 0 atom stereocenters. The summed E-state index contributed by atoms with van der Waals surface area (Å²) in [5.41, 5.74) is 3.00. The van der Waals surface area contributed by atoms with Crippen LogP contribution in [-0.4, -0.2) is 54.1 Å². The zero-order valence-electron chi connectivity index (χ0n) is 14.8. The van der Waals surface area contributed by atoms with E-state index in [2.05, 4.69) is 20.9 Å². The lowest BCUT2D eigenvalue weighted by Gasteiger charge is -2.36. The van der Waals surface area contributed by atoms with E-state index in [1.54, 1.807) is 7.11 Å². The van der Waals surface area contributed by atoms with E-state index in [9.17, 15) is 4.79 Å². The van der Waals surface area contributed by atoms with E-state index in [4.69, 9.17) is 4.74 Å². The first-order valence-corrected chi connectivity index (χ1v) is 8.83. The standard InChI is InChI=1S/C20H22N4O2/c1-26-16-6-4-5-15(13-16)23-9-11-24(12-10-23)20(25)14-19-21-17-7-2-3-8-18(17)22-19/h2-8,13H,9-12,14H2,1H3,(H,21,22). The lowest BCUT2D eigenvalue weighted by atomic mass is 10.2. The van der Waals surface area contributed by atoms with Gasteiger partial charge in [0.15, 0.2) is 0 Å². The number of nitrogens with zero attached hydrogens (tertiary/aromatic N) is 3. The number of anilines is 1. The third-order valence-electron chi connectivity index (χ3n) is 4.81. The fraction of sp³-hybridized carbons (Fsp3) is 0.300. The molecular weight excluding hydrogens is 328 g/mol. The molecule has 0 radical (unpaired) electrons. The van der Waals surface area contributed by atoms with Gasteiger partial charge in [0, 0.05) is 37.9 Å². The van der Waals surface area contributed by atoms with Crippen LogP contribution >= 0.6 is 0 Å². The van der Waals surface area contributed by atoms with Crippen LogP contribution < -0.4 is 9.64 Å². The second-order valence-electron chi connectivity index (χ2n) is 6.45. The summed E-state index contributed by atoms with van der Waals surface area (Å²) < 4.78 is 5.29. The van der Waals surface area contributed by atoms with Crippen LogP contribution in [0.3, 0.4) is 0 Å². The Bertz CT molecular complexity index is 880. The van der Waals surface area contributed by atoms with Gasteiger partial charge in [0.25, 0.3) is 0 Å². The SMILES string of the molecule is COc1cccc(N2CCN(C(=O)Cc3nc4ccccc4[nH]3)CC2)c1. The van der Waals surface area contributed by atoms with Crippen LogP contribution in [0.25, 0.3) is 11.0 Å². The molecule has 2 heterocycles. The zero-order valence-corrected chi connectivity index (χ0v) is 14.8. The molecule has 1 saturated heterocycles. The van der Waals surface area contributed by atoms with Crippen molar-refractivity contribution in [3.05, 3.63) is 54.4 Å². The van der Waals surface area contributed by atoms with Crippen molar-refractivity contribution in [1.29, 1.82) is 0 Å². The molecule has 2 aromatic carbocycles. The number of methoxy groups -OCH3 is 1. The minimum absolute atomic E-state index is 0.120. The number of hydrogen-bond donors (Lipinski definition) is 1. The van der Waals surface area contributed by atoms with Crippen molar-refractivity contribution in [2.75, 3.05) is 38.2 Å². The molecular formula is C20H22N4O2. The van der Waals surface area contributed by atoms with Crippen LogP contribution in [-0.2, 0) is 11.2 Å². The van der Waals surface area contributed by atoms with Crippen molar-refractivity contribution >= 4 is 22.6 Å². The van der Waals surface area contributed by atoms with E-state index in [0.29, 0.717) is 6.42 Å². The average Bonchev–Trinajstić information content (AvgIpc) is 3.10. The highest BCUT2D eigenvalue weighted by molar-refractivity contribution is 5.80. The number of amides is 1. The minimum Gasteiger partial charge on any atom is -0.497 e. The predicted octanol–water partition coefficient (Wildman–Crippen LogP) is 2.46. The van der Waals surface area contributed by atoms with Gasteiger partial charge < -0.3 is 19.5 Å². The van der Waals surface area contributed by atoms with Crippen molar-refractivity contribution in [2.45, 2.75) is 6.42 Å². The van der Waals surface area contributed by atoms with Crippen LogP contribution in [0.5, 0.6) is 5.75 Å². The van der Waals surface area contributed by atoms with Gasteiger partial charge in [-0.1, -0.05) is 18.2 Å². The number of rotatable bonds is 4. The predicted molar refractivity (Wildman–Crippen MR) is 102 cm³/mol. The second-order valence-corrected chi connectivity index (χ2v) is 6.45. The van der Waals surface area contributed by atoms with Gasteiger partial charge in [0.2, 0.25) is 5.91 Å². The molecule has 1 aliphatic heterocycles. The molecule has 1 fully saturated rings. The molecule has 0 unspecified atom stereocenters. The summed E-state index contributed by atoms with van der Waals surface area (Å²) in [5, 5.41) is 0. The molecule has 1 aromatic heterocycles. The lowest BCUT2D eigenvalue weighted by Crippen LogP contribution is -2.49. The highest BCUT2D eigenvalue weighted by Crippen LogP contribution is 2.22. The summed E-state index contributed by atoms with van der Waals surface area (Å²) in [4.78, 5) is 24.6. The molecule has 134 valence electrons. The van der Waals surface area contributed by atoms with E-state index in [0.717, 1.165) is 54.5 Å². The van der Waals surface area contributed by atoms with E-state index in [1.165, 1.54) is 0 Å². The molecule has 6 heteroatoms. The fourth-order valence-corrected chi connectivity index (χ4v) is 3.37. The maximum absolute atomic E-state index is 12.6. The molecule has 1 amide bonds. The van der Waals surface area contributed by atoms with Crippen molar-refractivity contribution < 1.29 is 9.53 Å². The number of carbonyl (C=O) groups excluding carboxylic acids is 1. The molecule has 0 bridgehead atoms. The number of hydrogen-bond acceptors (Lipinski definition) is 4. The van der Waals surface area contributed by atoms with Crippen molar-refractivity contribution in [3.8, 4) is 5.75 Å². The number of imidazole rings is 1. The zero-order chi connectivity index (χ0) is 17.9. The molecule has 0 saturated carbocycles. The molecule has 1 N–H and O–H groups in total. The van der Waals surface area contributed by atoms with Gasteiger partial charge in [-0.2, -0.15) is 0 Å². The van der Waals surface area contributed by atoms with Crippen LogP contribution in [0.15, 0.2) is 48.5 Å². The monoisotopic (exact) mass is 350 g/mol. The Kier molecular flexibility index (Phi) is 4.48. The van der Waals surface area contributed by atoms with Crippen LogP contribution in [0, 0.1) is 0 Å². The largest absolute Gasteiger partial charge is 0.497 e. The number of aromatic nitrogens is 2. The summed E-state index contributed by atoms with van der Waals surface area (Å²) >= 11 is 0. The number of piperazine rings is 1. The van der Waals surface area contributed by atoms with E-state index < -0.39 is 0 Å². The highest BCUT2D eigenvalue weighted by Gasteiger charge is 2.22. The lowest BCUT2D eigenvalue weighted by molar-refractivity contribution is -0.130. The van der Waals surface area contributed by atoms with E-state index in [-0.39, 0.29) is 5.91 Å². The normalized spacial score (nSPS) is 14.7. The summed E-state index contributed by atoms with van der Waals surface area (Å²) in [6.45, 7) is 3.07. The number of H-pyrrole nitrogens is 1.